The number of halogens is 2. The number of aromatic nitrogens is 1. The number of hydrogen-bond donors (Lipinski definition) is 1. The van der Waals surface area contributed by atoms with Crippen LogP contribution in [-0.4, -0.2) is 33.7 Å². The molecule has 0 saturated carbocycles. The Bertz CT molecular complexity index is 1010. The Hall–Kier alpha value is -2.22. The number of likely N-dealkylation sites (N-methyl/N-ethyl adjacent to an activating group) is 1. The molecule has 3 amide bonds. The first kappa shape index (κ1) is 19.5. The number of benzene rings is 1. The Morgan fingerprint density at radius 1 is 1.19 bits per heavy atom. The van der Waals surface area contributed by atoms with Gasteiger partial charge in [-0.05, 0) is 61.5 Å². The Morgan fingerprint density at radius 3 is 2.48 bits per heavy atom. The van der Waals surface area contributed by atoms with Gasteiger partial charge in [0.1, 0.15) is 0 Å². The molecule has 1 aromatic carbocycles. The summed E-state index contributed by atoms with van der Waals surface area (Å²) in [6.45, 7) is 3.62. The molecule has 2 aromatic rings. The first-order valence-electron chi connectivity index (χ1n) is 7.86. The molecule has 2 heterocycles. The second kappa shape index (κ2) is 7.42. The van der Waals surface area contributed by atoms with Gasteiger partial charge in [-0.3, -0.25) is 29.4 Å². The molecule has 140 valence electrons. The summed E-state index contributed by atoms with van der Waals surface area (Å²) in [5.41, 5.74) is 5.28. The number of carbonyl (C=O) groups excluding carboxylic acids is 3. The average Bonchev–Trinajstić information content (AvgIpc) is 2.99. The van der Waals surface area contributed by atoms with Gasteiger partial charge in [-0.15, -0.1) is 0 Å². The summed E-state index contributed by atoms with van der Waals surface area (Å²) in [6.07, 6.45) is 1.65. The highest BCUT2D eigenvalue weighted by molar-refractivity contribution is 8.18. The van der Waals surface area contributed by atoms with Crippen molar-refractivity contribution in [3.63, 3.8) is 0 Å². The number of nitrogens with one attached hydrogen (secondary N) is 1. The Labute approximate surface area is 170 Å². The highest BCUT2D eigenvalue weighted by Crippen LogP contribution is 2.32. The van der Waals surface area contributed by atoms with E-state index in [0.717, 1.165) is 27.9 Å². The van der Waals surface area contributed by atoms with E-state index in [1.54, 1.807) is 29.8 Å². The van der Waals surface area contributed by atoms with Crippen molar-refractivity contribution in [3.05, 3.63) is 61.7 Å². The van der Waals surface area contributed by atoms with Crippen LogP contribution in [0.25, 0.3) is 6.08 Å². The van der Waals surface area contributed by atoms with E-state index in [1.165, 1.54) is 13.1 Å². The third-order valence-electron chi connectivity index (χ3n) is 4.13. The first-order valence-corrected chi connectivity index (χ1v) is 9.43. The standard InChI is InChI=1S/C18H15Cl2N3O3S/c1-9-6-11(7-15-17(25)22(3)18(26)27-15)10(2)23(9)21-16(24)13-5-4-12(19)8-14(13)20/h4-8H,1-3H3,(H,21,24)/b15-7+. The zero-order chi connectivity index (χ0) is 19.9. The maximum absolute atomic E-state index is 12.6. The van der Waals surface area contributed by atoms with Crippen LogP contribution in [0.4, 0.5) is 4.79 Å². The summed E-state index contributed by atoms with van der Waals surface area (Å²) in [5.74, 6) is -0.731. The third-order valence-corrected chi connectivity index (χ3v) is 5.64. The maximum Gasteiger partial charge on any atom is 0.293 e. The van der Waals surface area contributed by atoms with Gasteiger partial charge in [0, 0.05) is 23.5 Å². The molecule has 6 nitrogen and oxygen atoms in total. The second-order valence-corrected chi connectivity index (χ2v) is 7.80. The summed E-state index contributed by atoms with van der Waals surface area (Å²) in [5, 5.41) is 0.377. The van der Waals surface area contributed by atoms with Crippen molar-refractivity contribution in [2.75, 3.05) is 12.5 Å². The van der Waals surface area contributed by atoms with E-state index >= 15 is 0 Å². The quantitative estimate of drug-likeness (QED) is 0.739. The zero-order valence-corrected chi connectivity index (χ0v) is 17.0. The van der Waals surface area contributed by atoms with Crippen LogP contribution in [-0.2, 0) is 4.79 Å². The Balaban J connectivity index is 1.89. The van der Waals surface area contributed by atoms with E-state index in [0.29, 0.717) is 21.2 Å². The topological polar surface area (TPSA) is 71.4 Å². The molecule has 1 aromatic heterocycles. The summed E-state index contributed by atoms with van der Waals surface area (Å²) < 4.78 is 1.61. The lowest BCUT2D eigenvalue weighted by atomic mass is 10.2. The van der Waals surface area contributed by atoms with Crippen molar-refractivity contribution in [2.24, 2.45) is 0 Å². The minimum Gasteiger partial charge on any atom is -0.272 e. The van der Waals surface area contributed by atoms with Crippen molar-refractivity contribution in [1.82, 2.24) is 9.58 Å². The number of rotatable bonds is 3. The zero-order valence-electron chi connectivity index (χ0n) is 14.7. The fourth-order valence-corrected chi connectivity index (χ4v) is 3.94. The molecule has 9 heteroatoms. The number of carbonyl (C=O) groups is 3. The number of hydrogen-bond acceptors (Lipinski definition) is 4. The second-order valence-electron chi connectivity index (χ2n) is 5.97. The molecule has 3 rings (SSSR count). The monoisotopic (exact) mass is 423 g/mol. The molecular weight excluding hydrogens is 409 g/mol. The molecule has 1 aliphatic heterocycles. The Morgan fingerprint density at radius 2 is 1.89 bits per heavy atom. The molecule has 0 unspecified atom stereocenters. The van der Waals surface area contributed by atoms with Crippen molar-refractivity contribution < 1.29 is 14.4 Å². The summed E-state index contributed by atoms with van der Waals surface area (Å²) in [4.78, 5) is 37.7. The summed E-state index contributed by atoms with van der Waals surface area (Å²) in [6, 6.07) is 6.46. The number of thioether (sulfide) groups is 1. The number of nitrogens with zero attached hydrogens (tertiary/aromatic N) is 2. The summed E-state index contributed by atoms with van der Waals surface area (Å²) >= 11 is 12.8. The number of amides is 3. The van der Waals surface area contributed by atoms with Crippen molar-refractivity contribution >= 4 is 58.1 Å². The normalized spacial score (nSPS) is 15.7. The molecule has 0 aliphatic carbocycles. The molecule has 27 heavy (non-hydrogen) atoms. The highest BCUT2D eigenvalue weighted by atomic mass is 35.5. The third kappa shape index (κ3) is 3.76. The van der Waals surface area contributed by atoms with E-state index in [2.05, 4.69) is 5.43 Å². The SMILES string of the molecule is Cc1cc(/C=C2/SC(=O)N(C)C2=O)c(C)n1NC(=O)c1ccc(Cl)cc1Cl. The van der Waals surface area contributed by atoms with Gasteiger partial charge in [-0.2, -0.15) is 0 Å². The average molecular weight is 424 g/mol. The molecule has 1 aliphatic rings. The predicted molar refractivity (Wildman–Crippen MR) is 108 cm³/mol. The molecular formula is C18H15Cl2N3O3S. The lowest BCUT2D eigenvalue weighted by molar-refractivity contribution is -0.121. The lowest BCUT2D eigenvalue weighted by Crippen LogP contribution is -2.25. The lowest BCUT2D eigenvalue weighted by Gasteiger charge is -2.12. The number of aryl methyl sites for hydroxylation is 1. The van der Waals surface area contributed by atoms with Crippen LogP contribution in [0.2, 0.25) is 10.0 Å². The van der Waals surface area contributed by atoms with E-state index in [9.17, 15) is 14.4 Å². The minimum absolute atomic E-state index is 0.249. The van der Waals surface area contributed by atoms with Gasteiger partial charge in [0.05, 0.1) is 15.5 Å². The Kier molecular flexibility index (Phi) is 5.37. The predicted octanol–water partition coefficient (Wildman–Crippen LogP) is 4.46. The van der Waals surface area contributed by atoms with Crippen LogP contribution in [0.3, 0.4) is 0 Å². The smallest absolute Gasteiger partial charge is 0.272 e. The van der Waals surface area contributed by atoms with Gasteiger partial charge in [0.2, 0.25) is 0 Å². The fraction of sp³-hybridized carbons (Fsp3) is 0.167. The largest absolute Gasteiger partial charge is 0.293 e. The molecule has 1 N–H and O–H groups in total. The van der Waals surface area contributed by atoms with Gasteiger partial charge in [-0.25, -0.2) is 0 Å². The van der Waals surface area contributed by atoms with Gasteiger partial charge >= 0.3 is 0 Å². The first-order chi connectivity index (χ1) is 12.7. The number of imide groups is 1. The summed E-state index contributed by atoms with van der Waals surface area (Å²) in [7, 11) is 1.44. The van der Waals surface area contributed by atoms with E-state index in [1.807, 2.05) is 13.0 Å². The van der Waals surface area contributed by atoms with Gasteiger partial charge in [-0.1, -0.05) is 23.2 Å². The maximum atomic E-state index is 12.6. The molecule has 1 fully saturated rings. The van der Waals surface area contributed by atoms with Gasteiger partial charge in [0.15, 0.2) is 0 Å². The van der Waals surface area contributed by atoms with Crippen LogP contribution in [0.15, 0.2) is 29.2 Å². The highest BCUT2D eigenvalue weighted by Gasteiger charge is 2.32. The molecule has 1 saturated heterocycles. The van der Waals surface area contributed by atoms with Crippen molar-refractivity contribution in [2.45, 2.75) is 13.8 Å². The van der Waals surface area contributed by atoms with Crippen molar-refractivity contribution in [1.29, 1.82) is 0 Å². The van der Waals surface area contributed by atoms with Crippen LogP contribution >= 0.6 is 35.0 Å². The van der Waals surface area contributed by atoms with Crippen molar-refractivity contribution in [3.8, 4) is 0 Å². The van der Waals surface area contributed by atoms with Crippen LogP contribution < -0.4 is 5.43 Å². The van der Waals surface area contributed by atoms with Gasteiger partial charge in [0.25, 0.3) is 17.1 Å². The van der Waals surface area contributed by atoms with Crippen LogP contribution in [0.1, 0.15) is 27.3 Å². The van der Waals surface area contributed by atoms with Crippen LogP contribution in [0.5, 0.6) is 0 Å². The molecule has 0 atom stereocenters. The van der Waals surface area contributed by atoms with E-state index in [-0.39, 0.29) is 22.1 Å². The van der Waals surface area contributed by atoms with E-state index < -0.39 is 0 Å². The minimum atomic E-state index is -0.390. The molecule has 0 bridgehead atoms. The van der Waals surface area contributed by atoms with E-state index in [4.69, 9.17) is 23.2 Å². The molecule has 0 radical (unpaired) electrons. The molecule has 0 spiro atoms. The van der Waals surface area contributed by atoms with Gasteiger partial charge < -0.3 is 0 Å². The van der Waals surface area contributed by atoms with Crippen LogP contribution in [0, 0.1) is 13.8 Å². The fourth-order valence-electron chi connectivity index (χ4n) is 2.63.